The summed E-state index contributed by atoms with van der Waals surface area (Å²) in [5.74, 6) is 0.223. The fraction of sp³-hybridized carbons (Fsp3) is 0.302. The number of likely N-dealkylation sites (N-methyl/N-ethyl adjacent to an activating group) is 1. The van der Waals surface area contributed by atoms with Crippen molar-refractivity contribution in [2.45, 2.75) is 38.3 Å². The smallest absolute Gasteiger partial charge is 0.255 e. The zero-order chi connectivity index (χ0) is 37.9. The van der Waals surface area contributed by atoms with Crippen molar-refractivity contribution in [2.24, 2.45) is 0 Å². The lowest BCUT2D eigenvalue weighted by molar-refractivity contribution is -0.137. The second-order valence-corrected chi connectivity index (χ2v) is 13.6. The Hall–Kier alpha value is -5.45. The third-order valence-corrected chi connectivity index (χ3v) is 9.89. The zero-order valence-corrected chi connectivity index (χ0v) is 31.1. The van der Waals surface area contributed by atoms with Gasteiger partial charge in [-0.1, -0.05) is 78.9 Å². The number of alkyl halides is 1. The van der Waals surface area contributed by atoms with E-state index in [-0.39, 0.29) is 43.7 Å². The van der Waals surface area contributed by atoms with Crippen molar-refractivity contribution in [2.75, 3.05) is 51.2 Å². The summed E-state index contributed by atoms with van der Waals surface area (Å²) in [5.41, 5.74) is 7.80. The van der Waals surface area contributed by atoms with Crippen molar-refractivity contribution in [1.82, 2.24) is 15.1 Å². The van der Waals surface area contributed by atoms with Crippen LogP contribution in [0.1, 0.15) is 58.3 Å². The predicted molar refractivity (Wildman–Crippen MR) is 210 cm³/mol. The van der Waals surface area contributed by atoms with Gasteiger partial charge >= 0.3 is 0 Å². The van der Waals surface area contributed by atoms with Gasteiger partial charge in [0.05, 0.1) is 26.2 Å². The molecule has 1 atom stereocenters. The predicted octanol–water partition coefficient (Wildman–Crippen LogP) is 6.39. The average Bonchev–Trinajstić information content (AvgIpc) is 3.53. The van der Waals surface area contributed by atoms with Crippen LogP contribution < -0.4 is 15.4 Å². The molecule has 2 heterocycles. The molecule has 54 heavy (non-hydrogen) atoms. The van der Waals surface area contributed by atoms with Crippen LogP contribution in [0.5, 0.6) is 5.75 Å². The molecule has 1 saturated heterocycles. The Morgan fingerprint density at radius 1 is 0.852 bits per heavy atom. The highest BCUT2D eigenvalue weighted by molar-refractivity contribution is 6.18. The number of hydrogen-bond donors (Lipinski definition) is 2. The number of carbonyl (C=O) groups is 4. The fourth-order valence-corrected chi connectivity index (χ4v) is 7.06. The van der Waals surface area contributed by atoms with Crippen molar-refractivity contribution < 1.29 is 28.7 Å². The molecule has 1 fully saturated rings. The molecular formula is C43H45ClN4O6. The van der Waals surface area contributed by atoms with Crippen molar-refractivity contribution in [3.8, 4) is 5.75 Å². The first kappa shape index (κ1) is 38.3. The van der Waals surface area contributed by atoms with E-state index in [2.05, 4.69) is 47.0 Å². The number of ether oxygens (including phenoxy) is 2. The molecule has 2 aliphatic rings. The number of halogens is 1. The first-order valence-electron chi connectivity index (χ1n) is 18.3. The Balaban J connectivity index is 0.935. The van der Waals surface area contributed by atoms with Crippen molar-refractivity contribution in [3.63, 3.8) is 0 Å². The highest BCUT2D eigenvalue weighted by Gasteiger charge is 2.39. The van der Waals surface area contributed by atoms with Crippen LogP contribution in [0.2, 0.25) is 0 Å². The van der Waals surface area contributed by atoms with Crippen molar-refractivity contribution >= 4 is 52.1 Å². The van der Waals surface area contributed by atoms with Gasteiger partial charge in [0.1, 0.15) is 18.4 Å². The molecule has 4 amide bonds. The van der Waals surface area contributed by atoms with Gasteiger partial charge in [0.15, 0.2) is 0 Å². The lowest BCUT2D eigenvalue weighted by Crippen LogP contribution is -2.52. The van der Waals surface area contributed by atoms with E-state index in [0.29, 0.717) is 44.2 Å². The molecule has 2 N–H and O–H groups in total. The quantitative estimate of drug-likeness (QED) is 0.0557. The van der Waals surface area contributed by atoms with E-state index in [0.717, 1.165) is 45.7 Å². The molecule has 0 bridgehead atoms. The Bertz CT molecular complexity index is 1970. The minimum Gasteiger partial charge on any atom is -0.492 e. The molecule has 1 unspecified atom stereocenters. The molecular weight excluding hydrogens is 704 g/mol. The number of imide groups is 1. The maximum Gasteiger partial charge on any atom is 0.255 e. The van der Waals surface area contributed by atoms with Gasteiger partial charge in [-0.2, -0.15) is 0 Å². The molecule has 6 rings (SSSR count). The molecule has 0 radical (unpaired) electrons. The molecule has 4 aromatic rings. The van der Waals surface area contributed by atoms with Gasteiger partial charge in [0.2, 0.25) is 17.7 Å². The van der Waals surface area contributed by atoms with Gasteiger partial charge in [-0.25, -0.2) is 0 Å². The number of rotatable bonds is 17. The number of nitrogens with one attached hydrogen (secondary N) is 2. The van der Waals surface area contributed by atoms with Crippen LogP contribution in [0.15, 0.2) is 103 Å². The van der Waals surface area contributed by atoms with E-state index in [1.165, 1.54) is 10.5 Å². The van der Waals surface area contributed by atoms with Gasteiger partial charge in [-0.15, -0.1) is 11.6 Å². The van der Waals surface area contributed by atoms with Gasteiger partial charge in [0, 0.05) is 49.3 Å². The number of piperidine rings is 1. The molecule has 280 valence electrons. The largest absolute Gasteiger partial charge is 0.492 e. The van der Waals surface area contributed by atoms with Crippen LogP contribution in [0.25, 0.3) is 11.1 Å². The summed E-state index contributed by atoms with van der Waals surface area (Å²) in [7, 11) is 1.75. The van der Waals surface area contributed by atoms with E-state index < -0.39 is 11.9 Å². The monoisotopic (exact) mass is 748 g/mol. The maximum atomic E-state index is 13.1. The number of carbonyl (C=O) groups excluding carboxylic acids is 4. The summed E-state index contributed by atoms with van der Waals surface area (Å²) in [6, 6.07) is 33.5. The van der Waals surface area contributed by atoms with Crippen LogP contribution in [0.3, 0.4) is 0 Å². The van der Waals surface area contributed by atoms with E-state index in [9.17, 15) is 19.2 Å². The normalized spacial score (nSPS) is 15.7. The number of fused-ring (bicyclic) bond motifs is 1. The summed E-state index contributed by atoms with van der Waals surface area (Å²) < 4.78 is 11.8. The first-order chi connectivity index (χ1) is 26.3. The Morgan fingerprint density at radius 3 is 2.26 bits per heavy atom. The summed E-state index contributed by atoms with van der Waals surface area (Å²) >= 11 is 6.30. The molecule has 0 saturated carbocycles. The number of nitrogens with zero attached hydrogens (tertiary/aromatic N) is 2. The second kappa shape index (κ2) is 18.5. The van der Waals surface area contributed by atoms with Crippen LogP contribution >= 0.6 is 11.6 Å². The van der Waals surface area contributed by atoms with E-state index in [1.807, 2.05) is 54.6 Å². The van der Waals surface area contributed by atoms with Crippen molar-refractivity contribution in [3.05, 3.63) is 131 Å². The molecule has 2 aliphatic heterocycles. The zero-order valence-electron chi connectivity index (χ0n) is 30.4. The Kier molecular flexibility index (Phi) is 13.1. The van der Waals surface area contributed by atoms with Crippen molar-refractivity contribution in [1.29, 1.82) is 0 Å². The van der Waals surface area contributed by atoms with Crippen LogP contribution in [0, 0.1) is 0 Å². The molecule has 4 aromatic carbocycles. The summed E-state index contributed by atoms with van der Waals surface area (Å²) in [5, 5.41) is 5.65. The SMILES string of the molecule is CN(CCOc1ccc(C(=C(CCCl)c2ccccc2)c2ccccc2)cc1)C(=O)CCOCCNc1cccc2c1CN(C1CCC(=O)NC1=O)C2=O. The Labute approximate surface area is 321 Å². The second-order valence-electron chi connectivity index (χ2n) is 13.2. The lowest BCUT2D eigenvalue weighted by Gasteiger charge is -2.29. The number of anilines is 1. The molecule has 10 nitrogen and oxygen atoms in total. The topological polar surface area (TPSA) is 117 Å². The number of allylic oxidation sites excluding steroid dienone is 1. The minimum atomic E-state index is -0.662. The third-order valence-electron chi connectivity index (χ3n) is 9.70. The van der Waals surface area contributed by atoms with Crippen LogP contribution in [0.4, 0.5) is 5.69 Å². The van der Waals surface area contributed by atoms with Gasteiger partial charge < -0.3 is 24.6 Å². The van der Waals surface area contributed by atoms with Gasteiger partial charge in [-0.3, -0.25) is 24.5 Å². The van der Waals surface area contributed by atoms with Crippen LogP contribution in [-0.2, 0) is 25.7 Å². The summed E-state index contributed by atoms with van der Waals surface area (Å²) in [6.07, 6.45) is 1.49. The van der Waals surface area contributed by atoms with E-state index in [4.69, 9.17) is 21.1 Å². The van der Waals surface area contributed by atoms with Crippen LogP contribution in [-0.4, -0.2) is 85.3 Å². The highest BCUT2D eigenvalue weighted by atomic mass is 35.5. The maximum absolute atomic E-state index is 13.1. The average molecular weight is 749 g/mol. The Morgan fingerprint density at radius 2 is 1.56 bits per heavy atom. The van der Waals surface area contributed by atoms with Gasteiger partial charge in [-0.05, 0) is 64.9 Å². The standard InChI is InChI=1S/C43H45ClN4O6/c1-47(25-28-54-33-17-15-32(16-18-33)41(31-11-6-3-7-12-31)34(21-23-44)30-9-4-2-5-10-30)40(50)22-26-53-27-24-45-37-14-8-13-35-36(37)29-48(43(35)52)38-19-20-39(49)46-42(38)51/h2-18,38,45H,19-29H2,1H3,(H,46,49,51). The molecule has 0 aromatic heterocycles. The number of benzene rings is 4. The molecule has 11 heteroatoms. The lowest BCUT2D eigenvalue weighted by atomic mass is 9.88. The number of hydrogen-bond acceptors (Lipinski definition) is 7. The molecule has 0 spiro atoms. The first-order valence-corrected chi connectivity index (χ1v) is 18.8. The summed E-state index contributed by atoms with van der Waals surface area (Å²) in [4.78, 5) is 53.0. The third kappa shape index (κ3) is 9.37. The van der Waals surface area contributed by atoms with Gasteiger partial charge in [0.25, 0.3) is 5.91 Å². The van der Waals surface area contributed by atoms with E-state index in [1.54, 1.807) is 24.1 Å². The summed E-state index contributed by atoms with van der Waals surface area (Å²) in [6.45, 7) is 2.18. The van der Waals surface area contributed by atoms with E-state index >= 15 is 0 Å². The highest BCUT2D eigenvalue weighted by Crippen LogP contribution is 2.36. The minimum absolute atomic E-state index is 0.0415. The fourth-order valence-electron chi connectivity index (χ4n) is 6.87. The number of amides is 4. The molecule has 0 aliphatic carbocycles.